The van der Waals surface area contributed by atoms with Gasteiger partial charge in [0.05, 0.1) is 5.52 Å². The van der Waals surface area contributed by atoms with Crippen molar-refractivity contribution < 1.29 is 14.0 Å². The van der Waals surface area contributed by atoms with Crippen LogP contribution < -0.4 is 11.1 Å². The molecule has 0 saturated heterocycles. The van der Waals surface area contributed by atoms with Crippen LogP contribution in [0.15, 0.2) is 59.2 Å². The van der Waals surface area contributed by atoms with Gasteiger partial charge in [0.25, 0.3) is 11.8 Å². The molecule has 2 aromatic carbocycles. The summed E-state index contributed by atoms with van der Waals surface area (Å²) >= 11 is 0. The maximum Gasteiger partial charge on any atom is 0.277 e. The Morgan fingerprint density at radius 1 is 1.12 bits per heavy atom. The normalized spacial score (nSPS) is 10.8. The predicted molar refractivity (Wildman–Crippen MR) is 94.5 cm³/mol. The van der Waals surface area contributed by atoms with Crippen molar-refractivity contribution in [2.75, 3.05) is 5.32 Å². The topological polar surface area (TPSA) is 127 Å². The van der Waals surface area contributed by atoms with Crippen LogP contribution in [0.2, 0.25) is 0 Å². The fraction of sp³-hybridized carbons (Fsp3) is 0. The van der Waals surface area contributed by atoms with E-state index in [1.807, 2.05) is 30.3 Å². The molecule has 0 unspecified atom stereocenters. The molecule has 128 valence electrons. The Labute approximate surface area is 147 Å². The number of nitrogens with one attached hydrogen (secondary N) is 2. The number of carbonyl (C=O) groups excluding carboxylic acids is 2. The van der Waals surface area contributed by atoms with Crippen LogP contribution in [0, 0.1) is 0 Å². The van der Waals surface area contributed by atoms with E-state index in [1.54, 1.807) is 18.2 Å². The number of anilines is 1. The average Bonchev–Trinajstić information content (AvgIpc) is 3.29. The standard InChI is InChI=1S/C18H13N5O3/c19-16(24)15-12-8-11(6-7-13(12)22-23-15)20-17(25)14-9-26-18(21-14)10-4-2-1-3-5-10/h1-9H,(H2,19,24)(H,20,25)(H,22,23). The van der Waals surface area contributed by atoms with Crippen molar-refractivity contribution in [1.82, 2.24) is 15.2 Å². The van der Waals surface area contributed by atoms with Crippen molar-refractivity contribution in [2.24, 2.45) is 5.73 Å². The smallest absolute Gasteiger partial charge is 0.277 e. The molecule has 0 atom stereocenters. The zero-order chi connectivity index (χ0) is 18.1. The number of hydrogen-bond acceptors (Lipinski definition) is 5. The third kappa shape index (κ3) is 2.80. The average molecular weight is 347 g/mol. The van der Waals surface area contributed by atoms with Crippen LogP contribution in [0.3, 0.4) is 0 Å². The van der Waals surface area contributed by atoms with Crippen LogP contribution in [0.25, 0.3) is 22.4 Å². The number of nitrogens with two attached hydrogens (primary N) is 1. The van der Waals surface area contributed by atoms with Crippen molar-refractivity contribution in [3.05, 3.63) is 66.2 Å². The van der Waals surface area contributed by atoms with E-state index in [2.05, 4.69) is 20.5 Å². The first-order valence-corrected chi connectivity index (χ1v) is 7.72. The molecule has 0 spiro atoms. The third-order valence-corrected chi connectivity index (χ3v) is 3.81. The molecule has 0 fully saturated rings. The van der Waals surface area contributed by atoms with Crippen molar-refractivity contribution in [2.45, 2.75) is 0 Å². The monoisotopic (exact) mass is 347 g/mol. The van der Waals surface area contributed by atoms with E-state index >= 15 is 0 Å². The first kappa shape index (κ1) is 15.6. The van der Waals surface area contributed by atoms with E-state index in [1.165, 1.54) is 6.26 Å². The Kier molecular flexibility index (Phi) is 3.70. The van der Waals surface area contributed by atoms with Gasteiger partial charge in [-0.15, -0.1) is 0 Å². The summed E-state index contributed by atoms with van der Waals surface area (Å²) in [6.45, 7) is 0. The Balaban J connectivity index is 1.58. The minimum atomic E-state index is -0.649. The summed E-state index contributed by atoms with van der Waals surface area (Å²) in [5, 5.41) is 9.83. The summed E-state index contributed by atoms with van der Waals surface area (Å²) in [6.07, 6.45) is 1.29. The number of primary amides is 1. The molecule has 0 aliphatic rings. The number of benzene rings is 2. The van der Waals surface area contributed by atoms with Crippen LogP contribution in [0.1, 0.15) is 21.0 Å². The second-order valence-corrected chi connectivity index (χ2v) is 5.55. The molecule has 0 aliphatic heterocycles. The fourth-order valence-corrected chi connectivity index (χ4v) is 2.57. The summed E-state index contributed by atoms with van der Waals surface area (Å²) in [6, 6.07) is 14.3. The zero-order valence-corrected chi connectivity index (χ0v) is 13.4. The molecule has 0 saturated carbocycles. The maximum atomic E-state index is 12.4. The number of aromatic amines is 1. The third-order valence-electron chi connectivity index (χ3n) is 3.81. The second-order valence-electron chi connectivity index (χ2n) is 5.55. The van der Waals surface area contributed by atoms with Crippen LogP contribution >= 0.6 is 0 Å². The summed E-state index contributed by atoms with van der Waals surface area (Å²) in [5.41, 5.74) is 7.45. The molecular weight excluding hydrogens is 334 g/mol. The van der Waals surface area contributed by atoms with Gasteiger partial charge >= 0.3 is 0 Å². The number of hydrogen-bond donors (Lipinski definition) is 3. The van der Waals surface area contributed by atoms with Gasteiger partial charge in [0, 0.05) is 16.6 Å². The highest BCUT2D eigenvalue weighted by atomic mass is 16.3. The molecule has 8 heteroatoms. The van der Waals surface area contributed by atoms with Crippen molar-refractivity contribution in [3.8, 4) is 11.5 Å². The highest BCUT2D eigenvalue weighted by molar-refractivity contribution is 6.07. The molecule has 26 heavy (non-hydrogen) atoms. The number of oxazole rings is 1. The number of nitrogens with zero attached hydrogens (tertiary/aromatic N) is 2. The number of carbonyl (C=O) groups is 2. The van der Waals surface area contributed by atoms with Crippen LogP contribution in [-0.2, 0) is 0 Å². The summed E-state index contributed by atoms with van der Waals surface area (Å²) in [7, 11) is 0. The minimum absolute atomic E-state index is 0.115. The van der Waals surface area contributed by atoms with Gasteiger partial charge in [0.1, 0.15) is 6.26 Å². The van der Waals surface area contributed by atoms with Gasteiger partial charge in [-0.2, -0.15) is 5.10 Å². The molecule has 2 aromatic heterocycles. The molecule has 4 aromatic rings. The summed E-state index contributed by atoms with van der Waals surface area (Å²) in [4.78, 5) is 28.0. The fourth-order valence-electron chi connectivity index (χ4n) is 2.57. The number of aromatic nitrogens is 3. The molecule has 8 nitrogen and oxygen atoms in total. The predicted octanol–water partition coefficient (Wildman–Crippen LogP) is 2.57. The SMILES string of the molecule is NC(=O)c1n[nH]c2ccc(NC(=O)c3coc(-c4ccccc4)n3)cc12. The second kappa shape index (κ2) is 6.17. The minimum Gasteiger partial charge on any atom is -0.444 e. The lowest BCUT2D eigenvalue weighted by atomic mass is 10.2. The van der Waals surface area contributed by atoms with E-state index in [4.69, 9.17) is 10.2 Å². The van der Waals surface area contributed by atoms with Crippen molar-refractivity contribution in [1.29, 1.82) is 0 Å². The van der Waals surface area contributed by atoms with E-state index in [0.717, 1.165) is 5.56 Å². The number of rotatable bonds is 4. The summed E-state index contributed by atoms with van der Waals surface area (Å²) < 4.78 is 5.37. The summed E-state index contributed by atoms with van der Waals surface area (Å²) in [5.74, 6) is -0.722. The molecule has 2 amide bonds. The molecule has 0 aliphatic carbocycles. The molecule has 0 bridgehead atoms. The van der Waals surface area contributed by atoms with E-state index < -0.39 is 11.8 Å². The van der Waals surface area contributed by atoms with Crippen LogP contribution in [-0.4, -0.2) is 27.0 Å². The highest BCUT2D eigenvalue weighted by Gasteiger charge is 2.15. The largest absolute Gasteiger partial charge is 0.444 e. The lowest BCUT2D eigenvalue weighted by Gasteiger charge is -2.03. The molecular formula is C18H13N5O3. The first-order chi connectivity index (χ1) is 12.6. The highest BCUT2D eigenvalue weighted by Crippen LogP contribution is 2.22. The number of H-pyrrole nitrogens is 1. The molecule has 4 N–H and O–H groups in total. The van der Waals surface area contributed by atoms with Gasteiger partial charge in [-0.1, -0.05) is 18.2 Å². The lowest BCUT2D eigenvalue weighted by Crippen LogP contribution is -2.13. The Hall–Kier alpha value is -3.94. The van der Waals surface area contributed by atoms with Gasteiger partial charge in [-0.3, -0.25) is 14.7 Å². The zero-order valence-electron chi connectivity index (χ0n) is 13.4. The molecule has 4 rings (SSSR count). The Bertz CT molecular complexity index is 1110. The van der Waals surface area contributed by atoms with Gasteiger partial charge in [-0.25, -0.2) is 4.98 Å². The molecule has 2 heterocycles. The molecule has 0 radical (unpaired) electrons. The Morgan fingerprint density at radius 3 is 2.69 bits per heavy atom. The lowest BCUT2D eigenvalue weighted by molar-refractivity contribution is 0.0994. The van der Waals surface area contributed by atoms with Gasteiger partial charge in [-0.05, 0) is 30.3 Å². The number of amides is 2. The van der Waals surface area contributed by atoms with Gasteiger partial charge in [0.15, 0.2) is 11.4 Å². The Morgan fingerprint density at radius 2 is 1.92 bits per heavy atom. The van der Waals surface area contributed by atoms with Crippen LogP contribution in [0.4, 0.5) is 5.69 Å². The number of fused-ring (bicyclic) bond motifs is 1. The van der Waals surface area contributed by atoms with Crippen molar-refractivity contribution >= 4 is 28.4 Å². The van der Waals surface area contributed by atoms with Gasteiger partial charge < -0.3 is 15.5 Å². The maximum absolute atomic E-state index is 12.4. The van der Waals surface area contributed by atoms with Gasteiger partial charge in [0.2, 0.25) is 5.89 Å². The van der Waals surface area contributed by atoms with Crippen molar-refractivity contribution in [3.63, 3.8) is 0 Å². The first-order valence-electron chi connectivity index (χ1n) is 7.72. The van der Waals surface area contributed by atoms with E-state index in [9.17, 15) is 9.59 Å². The quantitative estimate of drug-likeness (QED) is 0.523. The van der Waals surface area contributed by atoms with E-state index in [0.29, 0.717) is 22.5 Å². The van der Waals surface area contributed by atoms with Crippen LogP contribution in [0.5, 0.6) is 0 Å². The van der Waals surface area contributed by atoms with E-state index in [-0.39, 0.29) is 11.4 Å².